The predicted molar refractivity (Wildman–Crippen MR) is 135 cm³/mol. The van der Waals surface area contributed by atoms with Crippen LogP contribution in [0.2, 0.25) is 0 Å². The molecule has 9 nitrogen and oxygen atoms in total. The Bertz CT molecular complexity index is 1240. The molecule has 0 aliphatic heterocycles. The van der Waals surface area contributed by atoms with Gasteiger partial charge in [-0.1, -0.05) is 49.4 Å². The molecular weight excluding hydrogens is 488 g/mol. The van der Waals surface area contributed by atoms with E-state index in [1.165, 1.54) is 30.4 Å². The Kier molecular flexibility index (Phi) is 8.96. The fourth-order valence-corrected chi connectivity index (χ4v) is 4.78. The molecule has 3 rings (SSSR count). The van der Waals surface area contributed by atoms with Crippen molar-refractivity contribution in [3.63, 3.8) is 0 Å². The van der Waals surface area contributed by atoms with Gasteiger partial charge < -0.3 is 10.6 Å². The standard InChI is InChI=1S/C24H28N4O5S2/c1-3-23-26-22(15-34-23)20(13-18-9-11-19(12-10-18)28-35(31,32)33)27-24(30)21(25-16(2)29)14-17-7-5-4-6-8-17/h4-12,15,20-21,28H,3,13-14H2,1-2H3,(H,25,29)(H,27,30)(H,31,32,33)/t20-,21-/m0/s1. The maximum Gasteiger partial charge on any atom is 0.357 e. The van der Waals surface area contributed by atoms with Crippen LogP contribution in [0.1, 0.15) is 41.7 Å². The zero-order valence-electron chi connectivity index (χ0n) is 19.4. The minimum atomic E-state index is -4.37. The number of hydrogen-bond donors (Lipinski definition) is 4. The number of aryl methyl sites for hydroxylation is 1. The van der Waals surface area contributed by atoms with Crippen molar-refractivity contribution in [2.75, 3.05) is 4.72 Å². The summed E-state index contributed by atoms with van der Waals surface area (Å²) in [5.74, 6) is -0.633. The van der Waals surface area contributed by atoms with Gasteiger partial charge in [0.1, 0.15) is 6.04 Å². The lowest BCUT2D eigenvalue weighted by Crippen LogP contribution is -2.48. The number of amides is 2. The molecule has 0 saturated carbocycles. The van der Waals surface area contributed by atoms with Crippen LogP contribution >= 0.6 is 11.3 Å². The van der Waals surface area contributed by atoms with Crippen molar-refractivity contribution in [2.24, 2.45) is 0 Å². The minimum absolute atomic E-state index is 0.215. The molecule has 11 heteroatoms. The third-order valence-electron chi connectivity index (χ3n) is 5.16. The molecule has 0 bridgehead atoms. The van der Waals surface area contributed by atoms with Gasteiger partial charge in [-0.15, -0.1) is 11.3 Å². The number of aromatic nitrogens is 1. The molecule has 2 atom stereocenters. The normalized spacial score (nSPS) is 13.0. The minimum Gasteiger partial charge on any atom is -0.346 e. The number of rotatable bonds is 11. The molecular formula is C24H28N4O5S2. The van der Waals surface area contributed by atoms with Gasteiger partial charge in [0.05, 0.1) is 22.4 Å². The van der Waals surface area contributed by atoms with Gasteiger partial charge in [-0.3, -0.25) is 18.9 Å². The first kappa shape index (κ1) is 26.3. The summed E-state index contributed by atoms with van der Waals surface area (Å²) in [6, 6.07) is 14.7. The van der Waals surface area contributed by atoms with Gasteiger partial charge in [-0.05, 0) is 36.1 Å². The topological polar surface area (TPSA) is 137 Å². The van der Waals surface area contributed by atoms with E-state index < -0.39 is 22.4 Å². The number of carbonyl (C=O) groups excluding carboxylic acids is 2. The van der Waals surface area contributed by atoms with E-state index in [0.717, 1.165) is 22.6 Å². The molecule has 0 saturated heterocycles. The number of benzene rings is 2. The summed E-state index contributed by atoms with van der Waals surface area (Å²) in [7, 11) is -4.37. The highest BCUT2D eigenvalue weighted by atomic mass is 32.2. The van der Waals surface area contributed by atoms with Gasteiger partial charge in [0.2, 0.25) is 11.8 Å². The highest BCUT2D eigenvalue weighted by molar-refractivity contribution is 7.87. The third-order valence-corrected chi connectivity index (χ3v) is 6.67. The smallest absolute Gasteiger partial charge is 0.346 e. The van der Waals surface area contributed by atoms with Gasteiger partial charge in [-0.2, -0.15) is 8.42 Å². The average Bonchev–Trinajstić information content (AvgIpc) is 3.28. The lowest BCUT2D eigenvalue weighted by atomic mass is 10.0. The summed E-state index contributed by atoms with van der Waals surface area (Å²) in [4.78, 5) is 29.7. The first-order valence-electron chi connectivity index (χ1n) is 11.0. The fourth-order valence-electron chi connectivity index (χ4n) is 3.55. The van der Waals surface area contributed by atoms with Crippen molar-refractivity contribution in [2.45, 2.75) is 45.2 Å². The second-order valence-corrected chi connectivity index (χ2v) is 10.1. The van der Waals surface area contributed by atoms with Crippen molar-refractivity contribution >= 4 is 39.1 Å². The summed E-state index contributed by atoms with van der Waals surface area (Å²) in [6.45, 7) is 3.38. The van der Waals surface area contributed by atoms with Crippen LogP contribution in [0, 0.1) is 0 Å². The van der Waals surface area contributed by atoms with Crippen molar-refractivity contribution in [3.05, 3.63) is 81.8 Å². The van der Waals surface area contributed by atoms with Gasteiger partial charge in [0.15, 0.2) is 0 Å². The van der Waals surface area contributed by atoms with Gasteiger partial charge >= 0.3 is 10.3 Å². The molecule has 0 fully saturated rings. The molecule has 2 aromatic carbocycles. The predicted octanol–water partition coefficient (Wildman–Crippen LogP) is 3.07. The molecule has 2 amide bonds. The Hall–Kier alpha value is -3.28. The molecule has 1 heterocycles. The molecule has 0 aliphatic carbocycles. The highest BCUT2D eigenvalue weighted by Gasteiger charge is 2.25. The van der Waals surface area contributed by atoms with Gasteiger partial charge in [0, 0.05) is 18.7 Å². The Morgan fingerprint density at radius 3 is 2.23 bits per heavy atom. The van der Waals surface area contributed by atoms with Crippen LogP contribution in [0.5, 0.6) is 0 Å². The molecule has 3 aromatic rings. The molecule has 186 valence electrons. The van der Waals surface area contributed by atoms with Crippen molar-refractivity contribution in [1.82, 2.24) is 15.6 Å². The number of carbonyl (C=O) groups is 2. The van der Waals surface area contributed by atoms with Crippen molar-refractivity contribution in [3.8, 4) is 0 Å². The third kappa shape index (κ3) is 8.46. The summed E-state index contributed by atoms with van der Waals surface area (Å²) in [5.41, 5.74) is 2.66. The van der Waals surface area contributed by atoms with Crippen LogP contribution in [0.15, 0.2) is 60.0 Å². The Balaban J connectivity index is 1.81. The van der Waals surface area contributed by atoms with Crippen molar-refractivity contribution < 1.29 is 22.6 Å². The lowest BCUT2D eigenvalue weighted by Gasteiger charge is -2.23. The Morgan fingerprint density at radius 2 is 1.66 bits per heavy atom. The maximum absolute atomic E-state index is 13.3. The molecule has 35 heavy (non-hydrogen) atoms. The molecule has 0 aliphatic rings. The second kappa shape index (κ2) is 11.9. The molecule has 0 unspecified atom stereocenters. The first-order valence-corrected chi connectivity index (χ1v) is 13.3. The van der Waals surface area contributed by atoms with E-state index in [9.17, 15) is 18.0 Å². The quantitative estimate of drug-likeness (QED) is 0.289. The number of nitrogens with zero attached hydrogens (tertiary/aromatic N) is 1. The monoisotopic (exact) mass is 516 g/mol. The van der Waals surface area contributed by atoms with Crippen LogP contribution < -0.4 is 15.4 Å². The van der Waals surface area contributed by atoms with E-state index in [1.54, 1.807) is 12.1 Å². The highest BCUT2D eigenvalue weighted by Crippen LogP contribution is 2.23. The fraction of sp³-hybridized carbons (Fsp3) is 0.292. The van der Waals surface area contributed by atoms with E-state index in [4.69, 9.17) is 4.55 Å². The molecule has 1 aromatic heterocycles. The largest absolute Gasteiger partial charge is 0.357 e. The summed E-state index contributed by atoms with van der Waals surface area (Å²) < 4.78 is 33.0. The number of hydrogen-bond acceptors (Lipinski definition) is 6. The summed E-state index contributed by atoms with van der Waals surface area (Å²) in [5, 5.41) is 8.62. The SMILES string of the molecule is CCc1nc([C@H](Cc2ccc(NS(=O)(=O)O)cc2)NC(=O)[C@H](Cc2ccccc2)NC(C)=O)cs1. The van der Waals surface area contributed by atoms with Crippen LogP contribution in [0.25, 0.3) is 0 Å². The second-order valence-electron chi connectivity index (χ2n) is 8.00. The molecule has 0 radical (unpaired) electrons. The van der Waals surface area contributed by atoms with E-state index in [0.29, 0.717) is 18.5 Å². The van der Waals surface area contributed by atoms with Crippen LogP contribution in [0.3, 0.4) is 0 Å². The summed E-state index contributed by atoms with van der Waals surface area (Å²) >= 11 is 1.51. The molecule has 4 N–H and O–H groups in total. The number of nitrogens with one attached hydrogen (secondary N) is 3. The van der Waals surface area contributed by atoms with Crippen LogP contribution in [-0.4, -0.2) is 35.8 Å². The van der Waals surface area contributed by atoms with Crippen LogP contribution in [-0.2, 0) is 39.2 Å². The van der Waals surface area contributed by atoms with E-state index in [-0.39, 0.29) is 17.5 Å². The van der Waals surface area contributed by atoms with Gasteiger partial charge in [-0.25, -0.2) is 4.98 Å². The zero-order valence-corrected chi connectivity index (χ0v) is 21.0. The Labute approximate surface area is 208 Å². The van der Waals surface area contributed by atoms with E-state index in [1.807, 2.05) is 47.4 Å². The summed E-state index contributed by atoms with van der Waals surface area (Å²) in [6.07, 6.45) is 1.50. The van der Waals surface area contributed by atoms with Gasteiger partial charge in [0.25, 0.3) is 0 Å². The van der Waals surface area contributed by atoms with E-state index >= 15 is 0 Å². The maximum atomic E-state index is 13.3. The number of thiazole rings is 1. The van der Waals surface area contributed by atoms with Crippen molar-refractivity contribution in [1.29, 1.82) is 0 Å². The average molecular weight is 517 g/mol. The van der Waals surface area contributed by atoms with E-state index in [2.05, 4.69) is 15.6 Å². The lowest BCUT2D eigenvalue weighted by molar-refractivity contribution is -0.128. The number of anilines is 1. The van der Waals surface area contributed by atoms with Crippen LogP contribution in [0.4, 0.5) is 5.69 Å². The zero-order chi connectivity index (χ0) is 25.4. The first-order chi connectivity index (χ1) is 16.6. The Morgan fingerprint density at radius 1 is 1.00 bits per heavy atom. The molecule has 0 spiro atoms.